The van der Waals surface area contributed by atoms with E-state index in [0.717, 1.165) is 18.3 Å². The zero-order valence-electron chi connectivity index (χ0n) is 14.2. The Bertz CT molecular complexity index is 542. The highest BCUT2D eigenvalue weighted by Gasteiger charge is 2.53. The predicted octanol–water partition coefficient (Wildman–Crippen LogP) is 2.55. The van der Waals surface area contributed by atoms with E-state index in [1.807, 2.05) is 6.08 Å². The van der Waals surface area contributed by atoms with Crippen molar-refractivity contribution in [2.24, 2.45) is 41.4 Å². The van der Waals surface area contributed by atoms with Gasteiger partial charge in [0.15, 0.2) is 6.79 Å². The molecular formula is C19H26O5. The average molecular weight is 334 g/mol. The molecule has 3 saturated carbocycles. The third-order valence-corrected chi connectivity index (χ3v) is 6.65. The van der Waals surface area contributed by atoms with E-state index in [2.05, 4.69) is 6.08 Å². The molecule has 0 spiro atoms. The van der Waals surface area contributed by atoms with E-state index in [-0.39, 0.29) is 36.5 Å². The van der Waals surface area contributed by atoms with Crippen LogP contribution in [0.2, 0.25) is 0 Å². The van der Waals surface area contributed by atoms with E-state index in [0.29, 0.717) is 12.5 Å². The van der Waals surface area contributed by atoms with Gasteiger partial charge in [-0.1, -0.05) is 18.6 Å². The van der Waals surface area contributed by atoms with Crippen LogP contribution in [0.25, 0.3) is 0 Å². The van der Waals surface area contributed by atoms with Gasteiger partial charge in [0, 0.05) is 7.11 Å². The van der Waals surface area contributed by atoms with Crippen LogP contribution in [0.5, 0.6) is 0 Å². The average Bonchev–Trinajstić information content (AvgIpc) is 3.36. The Morgan fingerprint density at radius 1 is 0.958 bits per heavy atom. The van der Waals surface area contributed by atoms with Gasteiger partial charge in [0.2, 0.25) is 0 Å². The maximum Gasteiger partial charge on any atom is 0.312 e. The number of carbonyl (C=O) groups excluding carboxylic acids is 2. The van der Waals surface area contributed by atoms with Crippen LogP contribution in [0.15, 0.2) is 12.2 Å². The third-order valence-electron chi connectivity index (χ3n) is 6.65. The number of hydrogen-bond donors (Lipinski definition) is 0. The number of methoxy groups -OCH3 is 1. The molecule has 0 aliphatic heterocycles. The summed E-state index contributed by atoms with van der Waals surface area (Å²) >= 11 is 0. The largest absolute Gasteiger partial charge is 0.465 e. The van der Waals surface area contributed by atoms with E-state index in [9.17, 15) is 9.59 Å². The summed E-state index contributed by atoms with van der Waals surface area (Å²) in [5, 5.41) is 0. The quantitative estimate of drug-likeness (QED) is 0.424. The molecule has 4 rings (SSSR count). The van der Waals surface area contributed by atoms with E-state index in [1.165, 1.54) is 32.8 Å². The van der Waals surface area contributed by atoms with Crippen LogP contribution < -0.4 is 0 Å². The van der Waals surface area contributed by atoms with Crippen molar-refractivity contribution >= 4 is 11.9 Å². The van der Waals surface area contributed by atoms with Gasteiger partial charge in [-0.3, -0.25) is 9.59 Å². The Balaban J connectivity index is 1.37. The van der Waals surface area contributed by atoms with E-state index in [1.54, 1.807) is 0 Å². The van der Waals surface area contributed by atoms with Gasteiger partial charge in [0.1, 0.15) is 0 Å². The lowest BCUT2D eigenvalue weighted by atomic mass is 9.83. The van der Waals surface area contributed by atoms with Gasteiger partial charge in [-0.2, -0.15) is 0 Å². The Morgan fingerprint density at radius 3 is 2.25 bits per heavy atom. The van der Waals surface area contributed by atoms with Crippen LogP contribution in [0.3, 0.4) is 0 Å². The van der Waals surface area contributed by atoms with Crippen molar-refractivity contribution in [1.82, 2.24) is 0 Å². The number of ether oxygens (including phenoxy) is 3. The molecule has 24 heavy (non-hydrogen) atoms. The summed E-state index contributed by atoms with van der Waals surface area (Å²) in [6.45, 7) is 0.459. The molecule has 3 fully saturated rings. The topological polar surface area (TPSA) is 61.8 Å². The summed E-state index contributed by atoms with van der Waals surface area (Å²) in [6.07, 6.45) is 10.1. The highest BCUT2D eigenvalue weighted by atomic mass is 16.7. The Hall–Kier alpha value is -1.36. The number of allylic oxidation sites excluding steroid dienone is 2. The molecule has 0 N–H and O–H groups in total. The van der Waals surface area contributed by atoms with Crippen molar-refractivity contribution < 1.29 is 23.8 Å². The third kappa shape index (κ3) is 2.77. The van der Waals surface area contributed by atoms with Gasteiger partial charge in [0.05, 0.1) is 18.4 Å². The first-order valence-corrected chi connectivity index (χ1v) is 9.18. The maximum atomic E-state index is 12.7. The highest BCUT2D eigenvalue weighted by molar-refractivity contribution is 5.84. The number of hydrogen-bond acceptors (Lipinski definition) is 5. The highest BCUT2D eigenvalue weighted by Crippen LogP contribution is 2.50. The number of rotatable bonds is 6. The van der Waals surface area contributed by atoms with Crippen LogP contribution in [-0.2, 0) is 23.8 Å². The van der Waals surface area contributed by atoms with Crippen molar-refractivity contribution in [3.05, 3.63) is 12.2 Å². The van der Waals surface area contributed by atoms with E-state index in [4.69, 9.17) is 14.2 Å². The van der Waals surface area contributed by atoms with Crippen molar-refractivity contribution in [3.63, 3.8) is 0 Å². The van der Waals surface area contributed by atoms with E-state index < -0.39 is 5.92 Å². The molecule has 5 nitrogen and oxygen atoms in total. The summed E-state index contributed by atoms with van der Waals surface area (Å²) in [5.74, 6) is 0.976. The van der Waals surface area contributed by atoms with Crippen molar-refractivity contribution in [1.29, 1.82) is 0 Å². The molecule has 4 aliphatic rings. The molecule has 132 valence electrons. The zero-order chi connectivity index (χ0) is 16.7. The molecule has 0 aromatic carbocycles. The minimum atomic E-state index is -0.414. The molecule has 4 bridgehead atoms. The lowest BCUT2D eigenvalue weighted by molar-refractivity contribution is -0.168. The van der Waals surface area contributed by atoms with Gasteiger partial charge >= 0.3 is 11.9 Å². The SMILES string of the molecule is COCOC(=O)C1C2C=CC(C2)C1C(=O)OCC1CC2CCC1C2. The lowest BCUT2D eigenvalue weighted by Crippen LogP contribution is -2.36. The molecule has 7 atom stereocenters. The first-order chi connectivity index (χ1) is 11.7. The molecule has 0 radical (unpaired) electrons. The predicted molar refractivity (Wildman–Crippen MR) is 85.6 cm³/mol. The smallest absolute Gasteiger partial charge is 0.312 e. The Morgan fingerprint density at radius 2 is 1.67 bits per heavy atom. The number of fused-ring (bicyclic) bond motifs is 4. The van der Waals surface area contributed by atoms with Crippen LogP contribution in [-0.4, -0.2) is 32.4 Å². The number of carbonyl (C=O) groups is 2. The van der Waals surface area contributed by atoms with Crippen LogP contribution >= 0.6 is 0 Å². The van der Waals surface area contributed by atoms with Crippen LogP contribution in [0.1, 0.15) is 32.1 Å². The van der Waals surface area contributed by atoms with Gasteiger partial charge in [-0.25, -0.2) is 0 Å². The minimum Gasteiger partial charge on any atom is -0.465 e. The van der Waals surface area contributed by atoms with E-state index >= 15 is 0 Å². The fourth-order valence-corrected chi connectivity index (χ4v) is 5.54. The van der Waals surface area contributed by atoms with Gasteiger partial charge < -0.3 is 14.2 Å². The summed E-state index contributed by atoms with van der Waals surface area (Å²) < 4.78 is 15.6. The van der Waals surface area contributed by atoms with Crippen molar-refractivity contribution in [2.75, 3.05) is 20.5 Å². The molecule has 5 heteroatoms. The standard InChI is InChI=1S/C19H26O5/c1-22-10-24-19(21)17-14-5-4-13(8-14)16(17)18(20)23-9-15-7-11-2-3-12(15)6-11/h4-5,11-17H,2-3,6-10H2,1H3. The molecule has 0 aromatic rings. The summed E-state index contributed by atoms with van der Waals surface area (Å²) in [7, 11) is 1.48. The van der Waals surface area contributed by atoms with Gasteiger partial charge in [-0.15, -0.1) is 0 Å². The zero-order valence-corrected chi connectivity index (χ0v) is 14.2. The molecule has 7 unspecified atom stereocenters. The molecule has 4 aliphatic carbocycles. The summed E-state index contributed by atoms with van der Waals surface area (Å²) in [6, 6.07) is 0. The van der Waals surface area contributed by atoms with Gasteiger partial charge in [-0.05, 0) is 55.3 Å². The molecule has 0 saturated heterocycles. The fraction of sp³-hybridized carbons (Fsp3) is 0.789. The van der Waals surface area contributed by atoms with Gasteiger partial charge in [0.25, 0.3) is 0 Å². The monoisotopic (exact) mass is 334 g/mol. The second-order valence-corrected chi connectivity index (χ2v) is 7.93. The fourth-order valence-electron chi connectivity index (χ4n) is 5.54. The summed E-state index contributed by atoms with van der Waals surface area (Å²) in [4.78, 5) is 25.0. The molecular weight excluding hydrogens is 308 g/mol. The van der Waals surface area contributed by atoms with Crippen molar-refractivity contribution in [2.45, 2.75) is 32.1 Å². The van der Waals surface area contributed by atoms with Crippen LogP contribution in [0, 0.1) is 41.4 Å². The van der Waals surface area contributed by atoms with Crippen LogP contribution in [0.4, 0.5) is 0 Å². The second kappa shape index (κ2) is 6.51. The number of esters is 2. The van der Waals surface area contributed by atoms with Crippen molar-refractivity contribution in [3.8, 4) is 0 Å². The first kappa shape index (κ1) is 16.1. The first-order valence-electron chi connectivity index (χ1n) is 9.18. The Kier molecular flexibility index (Phi) is 4.37. The maximum absolute atomic E-state index is 12.7. The molecule has 0 aromatic heterocycles. The second-order valence-electron chi connectivity index (χ2n) is 7.93. The minimum absolute atomic E-state index is 0.0661. The summed E-state index contributed by atoms with van der Waals surface area (Å²) in [5.41, 5.74) is 0. The Labute approximate surface area is 142 Å². The normalized spacial score (nSPS) is 41.8. The lowest BCUT2D eigenvalue weighted by Gasteiger charge is -2.26. The molecule has 0 heterocycles. The molecule has 0 amide bonds.